The van der Waals surface area contributed by atoms with Crippen molar-refractivity contribution >= 4 is 32.2 Å². The summed E-state index contributed by atoms with van der Waals surface area (Å²) in [4.78, 5) is 0. The molecule has 1 aliphatic rings. The van der Waals surface area contributed by atoms with Crippen LogP contribution in [0, 0.1) is 5.92 Å². The van der Waals surface area contributed by atoms with E-state index in [-0.39, 0.29) is 0 Å². The van der Waals surface area contributed by atoms with E-state index in [1.54, 1.807) is 19.1 Å². The highest BCUT2D eigenvalue weighted by molar-refractivity contribution is 7.87. The van der Waals surface area contributed by atoms with E-state index in [1.165, 1.54) is 18.3 Å². The van der Waals surface area contributed by atoms with Crippen molar-refractivity contribution in [2.45, 2.75) is 45.2 Å². The summed E-state index contributed by atoms with van der Waals surface area (Å²) in [5.74, 6) is -0.576. The first-order valence-corrected chi connectivity index (χ1v) is 10.2. The van der Waals surface area contributed by atoms with Crippen molar-refractivity contribution in [3.8, 4) is 0 Å². The van der Waals surface area contributed by atoms with Gasteiger partial charge in [0, 0.05) is 18.0 Å². The number of aromatic nitrogens is 2. The molecule has 1 aromatic heterocycles. The van der Waals surface area contributed by atoms with Gasteiger partial charge in [-0.05, 0) is 18.9 Å². The van der Waals surface area contributed by atoms with Crippen LogP contribution in [0.25, 0.3) is 5.57 Å². The number of unbranched alkanes of at least 4 members (excludes halogenated alkanes) is 1. The summed E-state index contributed by atoms with van der Waals surface area (Å²) in [6.45, 7) is 5.98. The summed E-state index contributed by atoms with van der Waals surface area (Å²) >= 11 is 1.33. The molecule has 0 saturated carbocycles. The fourth-order valence-corrected chi connectivity index (χ4v) is 3.91. The molecule has 0 saturated heterocycles. The maximum Gasteiger partial charge on any atom is 0.523 e. The molecule has 0 aromatic carbocycles. The number of alkyl halides is 3. The molecule has 6 nitrogen and oxygen atoms in total. The summed E-state index contributed by atoms with van der Waals surface area (Å²) in [7, 11) is -5.66. The topological polar surface area (TPSA) is 81.2 Å². The van der Waals surface area contributed by atoms with Crippen molar-refractivity contribution in [1.29, 1.82) is 0 Å². The number of halogens is 3. The van der Waals surface area contributed by atoms with Gasteiger partial charge in [0.15, 0.2) is 0 Å². The fraction of sp³-hybridized carbons (Fsp3) is 0.600. The van der Waals surface area contributed by atoms with E-state index in [0.717, 1.165) is 19.4 Å². The maximum atomic E-state index is 12.5. The highest BCUT2D eigenvalue weighted by atomic mass is 32.2. The molecule has 0 amide bonds. The third kappa shape index (κ3) is 4.83. The lowest BCUT2D eigenvalue weighted by Gasteiger charge is -2.26. The largest absolute Gasteiger partial charge is 0.523 e. The van der Waals surface area contributed by atoms with E-state index in [2.05, 4.69) is 26.6 Å². The average Bonchev–Trinajstić information content (AvgIpc) is 2.99. The lowest BCUT2D eigenvalue weighted by atomic mass is 9.90. The van der Waals surface area contributed by atoms with Crippen LogP contribution in [0.4, 0.5) is 18.3 Å². The Bertz CT molecular complexity index is 801. The number of nitrogens with zero attached hydrogens (tertiary/aromatic N) is 2. The van der Waals surface area contributed by atoms with Crippen molar-refractivity contribution in [3.63, 3.8) is 0 Å². The van der Waals surface area contributed by atoms with E-state index in [9.17, 15) is 21.6 Å². The van der Waals surface area contributed by atoms with Crippen molar-refractivity contribution in [2.75, 3.05) is 11.9 Å². The van der Waals surface area contributed by atoms with E-state index < -0.39 is 27.6 Å². The minimum atomic E-state index is -5.66. The number of hydrogen-bond donors (Lipinski definition) is 1. The van der Waals surface area contributed by atoms with Crippen LogP contribution in [0.1, 0.15) is 38.6 Å². The van der Waals surface area contributed by atoms with Gasteiger partial charge in [0.05, 0.1) is 0 Å². The molecule has 1 aliphatic carbocycles. The molecule has 26 heavy (non-hydrogen) atoms. The van der Waals surface area contributed by atoms with Gasteiger partial charge in [-0.25, -0.2) is 0 Å². The molecular weight excluding hydrogens is 391 g/mol. The van der Waals surface area contributed by atoms with Gasteiger partial charge in [0.25, 0.3) is 0 Å². The van der Waals surface area contributed by atoms with Gasteiger partial charge in [0.2, 0.25) is 5.13 Å². The van der Waals surface area contributed by atoms with E-state index in [4.69, 9.17) is 0 Å². The molecule has 0 aliphatic heterocycles. The molecule has 1 N–H and O–H groups in total. The molecule has 2 unspecified atom stereocenters. The lowest BCUT2D eigenvalue weighted by Crippen LogP contribution is -2.34. The van der Waals surface area contributed by atoms with Crippen LogP contribution >= 0.6 is 11.3 Å². The predicted octanol–water partition coefficient (Wildman–Crippen LogP) is 3.96. The molecule has 1 heterocycles. The first-order valence-electron chi connectivity index (χ1n) is 8.02. The quantitative estimate of drug-likeness (QED) is 0.415. The summed E-state index contributed by atoms with van der Waals surface area (Å²) in [6.07, 6.45) is 4.05. The van der Waals surface area contributed by atoms with Crippen LogP contribution in [0.2, 0.25) is 0 Å². The third-order valence-corrected chi connectivity index (χ3v) is 5.70. The SMILES string of the molecule is CCCCNc1nnc(C2=CC(C)C(OS(=O)(=O)C(F)(F)F)C(C)=C2)s1. The minimum Gasteiger partial charge on any atom is -0.360 e. The number of hydrogen-bond acceptors (Lipinski definition) is 7. The molecular formula is C15H20F3N3O3S2. The second-order valence-electron chi connectivity index (χ2n) is 5.98. The van der Waals surface area contributed by atoms with E-state index in [1.807, 2.05) is 0 Å². The normalized spacial score (nSPS) is 21.3. The van der Waals surface area contributed by atoms with Gasteiger partial charge in [-0.2, -0.15) is 21.6 Å². The molecule has 1 aromatic rings. The number of rotatable bonds is 7. The van der Waals surface area contributed by atoms with E-state index >= 15 is 0 Å². The molecule has 0 bridgehead atoms. The van der Waals surface area contributed by atoms with Gasteiger partial charge in [-0.1, -0.05) is 43.8 Å². The van der Waals surface area contributed by atoms with Gasteiger partial charge in [-0.3, -0.25) is 4.18 Å². The Morgan fingerprint density at radius 3 is 2.62 bits per heavy atom. The number of nitrogens with one attached hydrogen (secondary N) is 1. The molecule has 0 fully saturated rings. The molecule has 0 spiro atoms. The molecule has 0 radical (unpaired) electrons. The summed E-state index contributed by atoms with van der Waals surface area (Å²) in [5.41, 5.74) is -4.39. The Kier molecular flexibility index (Phi) is 6.46. The molecule has 11 heteroatoms. The van der Waals surface area contributed by atoms with Crippen LogP contribution in [0.5, 0.6) is 0 Å². The van der Waals surface area contributed by atoms with Crippen molar-refractivity contribution in [2.24, 2.45) is 5.92 Å². The van der Waals surface area contributed by atoms with Gasteiger partial charge < -0.3 is 5.32 Å². The summed E-state index contributed by atoms with van der Waals surface area (Å²) in [6, 6.07) is 0. The van der Waals surface area contributed by atoms with Crippen molar-refractivity contribution in [1.82, 2.24) is 10.2 Å². The second-order valence-corrected chi connectivity index (χ2v) is 8.52. The fourth-order valence-electron chi connectivity index (χ4n) is 2.43. The van der Waals surface area contributed by atoms with Crippen LogP contribution in [0.15, 0.2) is 17.7 Å². The first-order chi connectivity index (χ1) is 12.0. The van der Waals surface area contributed by atoms with Gasteiger partial charge >= 0.3 is 15.6 Å². The van der Waals surface area contributed by atoms with Gasteiger partial charge in [0.1, 0.15) is 11.1 Å². The van der Waals surface area contributed by atoms with Crippen LogP contribution in [-0.2, 0) is 14.3 Å². The smallest absolute Gasteiger partial charge is 0.360 e. The zero-order chi connectivity index (χ0) is 19.5. The average molecular weight is 411 g/mol. The first kappa shape index (κ1) is 20.8. The number of allylic oxidation sites excluding steroid dienone is 2. The van der Waals surface area contributed by atoms with Crippen LogP contribution in [-0.4, -0.2) is 36.8 Å². The van der Waals surface area contributed by atoms with Crippen LogP contribution < -0.4 is 5.32 Å². The Morgan fingerprint density at radius 1 is 1.35 bits per heavy atom. The molecule has 2 atom stereocenters. The van der Waals surface area contributed by atoms with Gasteiger partial charge in [-0.15, -0.1) is 10.2 Å². The Morgan fingerprint density at radius 2 is 2.04 bits per heavy atom. The Hall–Kier alpha value is -1.46. The number of anilines is 1. The predicted molar refractivity (Wildman–Crippen MR) is 94.1 cm³/mol. The van der Waals surface area contributed by atoms with Crippen molar-refractivity contribution in [3.05, 3.63) is 22.7 Å². The highest BCUT2D eigenvalue weighted by Crippen LogP contribution is 2.36. The standard InChI is InChI=1S/C15H20F3N3O3S2/c1-4-5-6-19-14-21-20-13(25-14)11-7-9(2)12(10(3)8-11)24-26(22,23)15(16,17)18/h7-9,12H,4-6H2,1-3H3,(H,19,21). The van der Waals surface area contributed by atoms with E-state index in [0.29, 0.717) is 21.3 Å². The van der Waals surface area contributed by atoms with Crippen molar-refractivity contribution < 1.29 is 25.8 Å². The highest BCUT2D eigenvalue weighted by Gasteiger charge is 2.49. The second kappa shape index (κ2) is 8.05. The van der Waals surface area contributed by atoms with Crippen LogP contribution in [0.3, 0.4) is 0 Å². The molecule has 2 rings (SSSR count). The summed E-state index contributed by atoms with van der Waals surface area (Å²) in [5, 5.41) is 12.5. The third-order valence-electron chi connectivity index (χ3n) is 3.74. The monoisotopic (exact) mass is 411 g/mol. The minimum absolute atomic E-state index is 0.374. The maximum absolute atomic E-state index is 12.5. The lowest BCUT2D eigenvalue weighted by molar-refractivity contribution is -0.0571. The Labute approximate surface area is 154 Å². The zero-order valence-electron chi connectivity index (χ0n) is 14.5. The Balaban J connectivity index is 2.14. The molecule has 146 valence electrons. The summed E-state index contributed by atoms with van der Waals surface area (Å²) < 4.78 is 64.6. The zero-order valence-corrected chi connectivity index (χ0v) is 16.1.